The Morgan fingerprint density at radius 1 is 1.45 bits per heavy atom. The molecule has 122 valence electrons. The zero-order valence-corrected chi connectivity index (χ0v) is 14.2. The van der Waals surface area contributed by atoms with E-state index in [1.807, 2.05) is 25.0 Å². The van der Waals surface area contributed by atoms with Crippen molar-refractivity contribution in [3.8, 4) is 0 Å². The molecule has 3 rings (SSSR count). The van der Waals surface area contributed by atoms with Crippen LogP contribution in [0, 0.1) is 5.41 Å². The summed E-state index contributed by atoms with van der Waals surface area (Å²) in [6.07, 6.45) is 10.8. The first-order valence-corrected chi connectivity index (χ1v) is 8.54. The molecular weight excluding hydrogens is 274 g/mol. The minimum atomic E-state index is 0.457. The summed E-state index contributed by atoms with van der Waals surface area (Å²) in [4.78, 5) is 6.90. The van der Waals surface area contributed by atoms with Crippen molar-refractivity contribution in [3.63, 3.8) is 0 Å². The first kappa shape index (κ1) is 15.4. The van der Waals surface area contributed by atoms with E-state index in [2.05, 4.69) is 33.4 Å². The molecule has 1 saturated heterocycles. The van der Waals surface area contributed by atoms with Gasteiger partial charge in [-0.25, -0.2) is 0 Å². The Morgan fingerprint density at radius 2 is 2.23 bits per heavy atom. The maximum absolute atomic E-state index is 4.51. The van der Waals surface area contributed by atoms with Gasteiger partial charge in [-0.2, -0.15) is 5.10 Å². The summed E-state index contributed by atoms with van der Waals surface area (Å²) in [6, 6.07) is 0. The van der Waals surface area contributed by atoms with E-state index in [1.165, 1.54) is 37.7 Å². The zero-order chi connectivity index (χ0) is 15.6. The average molecular weight is 303 g/mol. The summed E-state index contributed by atoms with van der Waals surface area (Å²) in [7, 11) is 3.88. The van der Waals surface area contributed by atoms with Crippen LogP contribution in [0.1, 0.15) is 50.5 Å². The van der Waals surface area contributed by atoms with Crippen molar-refractivity contribution in [2.24, 2.45) is 17.5 Å². The molecule has 1 N–H and O–H groups in total. The van der Waals surface area contributed by atoms with Gasteiger partial charge in [0.15, 0.2) is 5.96 Å². The smallest absolute Gasteiger partial charge is 0.193 e. The minimum Gasteiger partial charge on any atom is -0.356 e. The molecule has 5 heteroatoms. The summed E-state index contributed by atoms with van der Waals surface area (Å²) in [5.41, 5.74) is 1.81. The van der Waals surface area contributed by atoms with Crippen LogP contribution in [-0.4, -0.2) is 47.3 Å². The molecule has 0 spiro atoms. The molecule has 2 fully saturated rings. The Bertz CT molecular complexity index is 527. The number of aromatic nitrogens is 2. The van der Waals surface area contributed by atoms with Crippen molar-refractivity contribution < 1.29 is 0 Å². The highest BCUT2D eigenvalue weighted by molar-refractivity contribution is 5.80. The number of hydrogen-bond donors (Lipinski definition) is 1. The number of rotatable bonds is 3. The third kappa shape index (κ3) is 3.28. The number of likely N-dealkylation sites (tertiary alicyclic amines) is 1. The normalized spacial score (nSPS) is 25.0. The highest BCUT2D eigenvalue weighted by Gasteiger charge is 2.31. The molecule has 1 aromatic heterocycles. The third-order valence-electron chi connectivity index (χ3n) is 5.38. The molecule has 1 aliphatic heterocycles. The summed E-state index contributed by atoms with van der Waals surface area (Å²) >= 11 is 0. The van der Waals surface area contributed by atoms with E-state index in [0.29, 0.717) is 11.3 Å². The van der Waals surface area contributed by atoms with E-state index in [0.717, 1.165) is 25.6 Å². The molecule has 0 amide bonds. The van der Waals surface area contributed by atoms with Crippen LogP contribution in [0.3, 0.4) is 0 Å². The highest BCUT2D eigenvalue weighted by Crippen LogP contribution is 2.36. The monoisotopic (exact) mass is 303 g/mol. The van der Waals surface area contributed by atoms with E-state index < -0.39 is 0 Å². The Balaban J connectivity index is 1.56. The summed E-state index contributed by atoms with van der Waals surface area (Å²) in [5, 5.41) is 7.93. The van der Waals surface area contributed by atoms with Crippen LogP contribution < -0.4 is 5.32 Å². The Kier molecular flexibility index (Phi) is 4.41. The van der Waals surface area contributed by atoms with Gasteiger partial charge in [0.25, 0.3) is 0 Å². The second-order valence-electron chi connectivity index (χ2n) is 7.30. The predicted octanol–water partition coefficient (Wildman–Crippen LogP) is 2.37. The van der Waals surface area contributed by atoms with E-state index >= 15 is 0 Å². The maximum Gasteiger partial charge on any atom is 0.193 e. The molecule has 0 bridgehead atoms. The lowest BCUT2D eigenvalue weighted by Gasteiger charge is -2.28. The van der Waals surface area contributed by atoms with Gasteiger partial charge >= 0.3 is 0 Å². The van der Waals surface area contributed by atoms with Crippen molar-refractivity contribution in [1.29, 1.82) is 0 Å². The van der Waals surface area contributed by atoms with Gasteiger partial charge in [0.05, 0.1) is 6.20 Å². The summed E-state index contributed by atoms with van der Waals surface area (Å²) < 4.78 is 1.89. The molecule has 0 radical (unpaired) electrons. The number of nitrogens with zero attached hydrogens (tertiary/aromatic N) is 4. The van der Waals surface area contributed by atoms with Gasteiger partial charge in [0.2, 0.25) is 0 Å². The van der Waals surface area contributed by atoms with Crippen molar-refractivity contribution >= 4 is 5.96 Å². The lowest BCUT2D eigenvalue weighted by Crippen LogP contribution is -2.43. The lowest BCUT2D eigenvalue weighted by atomic mass is 9.89. The molecular formula is C17H29N5. The number of aliphatic imine (C=N–C) groups is 1. The lowest BCUT2D eigenvalue weighted by molar-refractivity contribution is 0.327. The molecule has 22 heavy (non-hydrogen) atoms. The van der Waals surface area contributed by atoms with Gasteiger partial charge in [-0.1, -0.05) is 19.8 Å². The molecule has 1 atom stereocenters. The van der Waals surface area contributed by atoms with Gasteiger partial charge in [0.1, 0.15) is 0 Å². The van der Waals surface area contributed by atoms with E-state index in [4.69, 9.17) is 0 Å². The zero-order valence-electron chi connectivity index (χ0n) is 14.2. The van der Waals surface area contributed by atoms with Crippen molar-refractivity contribution in [2.75, 3.05) is 26.7 Å². The Morgan fingerprint density at radius 3 is 2.86 bits per heavy atom. The molecule has 1 unspecified atom stereocenters. The molecule has 1 saturated carbocycles. The summed E-state index contributed by atoms with van der Waals surface area (Å²) in [5.74, 6) is 1.65. The predicted molar refractivity (Wildman–Crippen MR) is 90.1 cm³/mol. The molecule has 1 aromatic rings. The number of hydrogen-bond acceptors (Lipinski definition) is 2. The first-order chi connectivity index (χ1) is 10.6. The molecule has 1 aliphatic carbocycles. The van der Waals surface area contributed by atoms with Crippen LogP contribution >= 0.6 is 0 Å². The van der Waals surface area contributed by atoms with Gasteiger partial charge in [0, 0.05) is 45.8 Å². The van der Waals surface area contributed by atoms with Crippen molar-refractivity contribution in [3.05, 3.63) is 18.0 Å². The van der Waals surface area contributed by atoms with E-state index in [-0.39, 0.29) is 0 Å². The number of aryl methyl sites for hydroxylation is 1. The van der Waals surface area contributed by atoms with Crippen LogP contribution in [0.4, 0.5) is 0 Å². The average Bonchev–Trinajstić information content (AvgIpc) is 3.21. The van der Waals surface area contributed by atoms with Crippen LogP contribution in [0.2, 0.25) is 0 Å². The molecule has 2 heterocycles. The molecule has 5 nitrogen and oxygen atoms in total. The third-order valence-corrected chi connectivity index (χ3v) is 5.38. The maximum atomic E-state index is 4.51. The van der Waals surface area contributed by atoms with Crippen molar-refractivity contribution in [1.82, 2.24) is 20.0 Å². The highest BCUT2D eigenvalue weighted by atomic mass is 15.3. The summed E-state index contributed by atoms with van der Waals surface area (Å²) in [6.45, 7) is 5.58. The number of guanidine groups is 1. The fourth-order valence-electron chi connectivity index (χ4n) is 3.91. The van der Waals surface area contributed by atoms with Crippen LogP contribution in [-0.2, 0) is 7.05 Å². The van der Waals surface area contributed by atoms with Gasteiger partial charge < -0.3 is 10.2 Å². The van der Waals surface area contributed by atoms with Gasteiger partial charge in [-0.3, -0.25) is 9.67 Å². The van der Waals surface area contributed by atoms with Gasteiger partial charge in [-0.15, -0.1) is 0 Å². The van der Waals surface area contributed by atoms with Crippen LogP contribution in [0.25, 0.3) is 0 Å². The second kappa shape index (κ2) is 6.31. The quantitative estimate of drug-likeness (QED) is 0.689. The van der Waals surface area contributed by atoms with Crippen molar-refractivity contribution in [2.45, 2.75) is 44.9 Å². The molecule has 2 aliphatic rings. The fraction of sp³-hybridized carbons (Fsp3) is 0.765. The van der Waals surface area contributed by atoms with Crippen LogP contribution in [0.5, 0.6) is 0 Å². The largest absolute Gasteiger partial charge is 0.356 e. The van der Waals surface area contributed by atoms with Gasteiger partial charge in [-0.05, 0) is 30.2 Å². The van der Waals surface area contributed by atoms with Crippen LogP contribution in [0.15, 0.2) is 17.4 Å². The van der Waals surface area contributed by atoms with E-state index in [9.17, 15) is 0 Å². The first-order valence-electron chi connectivity index (χ1n) is 8.54. The SMILES string of the molecule is CN=C(NCC1(C)CCCC1)N1CCC(c2cnn(C)c2)C1. The molecule has 0 aromatic carbocycles. The fourth-order valence-corrected chi connectivity index (χ4v) is 3.91. The Labute approximate surface area is 133 Å². The standard InChI is InChI=1S/C17H29N5/c1-17(7-4-5-8-17)13-19-16(18-2)22-9-6-14(12-22)15-10-20-21(3)11-15/h10-11,14H,4-9,12-13H2,1-3H3,(H,18,19). The second-order valence-corrected chi connectivity index (χ2v) is 7.30. The minimum absolute atomic E-state index is 0.457. The van der Waals surface area contributed by atoms with E-state index in [1.54, 1.807) is 0 Å². The topological polar surface area (TPSA) is 45.5 Å². The number of nitrogens with one attached hydrogen (secondary N) is 1. The Hall–Kier alpha value is -1.52.